The van der Waals surface area contributed by atoms with E-state index in [0.29, 0.717) is 11.9 Å². The van der Waals surface area contributed by atoms with Gasteiger partial charge in [0.05, 0.1) is 13.2 Å². The number of likely N-dealkylation sites (tertiary alicyclic amines) is 1. The van der Waals surface area contributed by atoms with Crippen molar-refractivity contribution in [3.63, 3.8) is 0 Å². The molecule has 0 saturated carbocycles. The van der Waals surface area contributed by atoms with Crippen molar-refractivity contribution >= 4 is 5.91 Å². The van der Waals surface area contributed by atoms with Crippen LogP contribution < -0.4 is 0 Å². The van der Waals surface area contributed by atoms with E-state index in [0.717, 1.165) is 52.2 Å². The molecule has 1 aromatic heterocycles. The molecule has 6 heteroatoms. The van der Waals surface area contributed by atoms with Gasteiger partial charge in [0.1, 0.15) is 0 Å². The lowest BCUT2D eigenvalue weighted by molar-refractivity contribution is 0.00512. The summed E-state index contributed by atoms with van der Waals surface area (Å²) in [5.41, 5.74) is 0.0554. The van der Waals surface area contributed by atoms with Crippen molar-refractivity contribution in [3.8, 4) is 0 Å². The molecule has 23 heavy (non-hydrogen) atoms. The minimum atomic E-state index is 0.0388. The fraction of sp³-hybridized carbons (Fsp3) is 0.765. The molecule has 0 aliphatic carbocycles. The van der Waals surface area contributed by atoms with E-state index in [9.17, 15) is 4.79 Å². The molecule has 1 unspecified atom stereocenters. The van der Waals surface area contributed by atoms with Crippen LogP contribution >= 0.6 is 0 Å². The Kier molecular flexibility index (Phi) is 4.73. The van der Waals surface area contributed by atoms with Crippen LogP contribution in [-0.2, 0) is 11.8 Å². The van der Waals surface area contributed by atoms with Crippen LogP contribution in [0.1, 0.15) is 37.3 Å². The van der Waals surface area contributed by atoms with Gasteiger partial charge in [0.25, 0.3) is 5.91 Å². The highest BCUT2D eigenvalue weighted by molar-refractivity contribution is 5.90. The number of piperidine rings is 1. The largest absolute Gasteiger partial charge is 0.379 e. The summed E-state index contributed by atoms with van der Waals surface area (Å²) < 4.78 is 7.71. The highest BCUT2D eigenvalue weighted by atomic mass is 16.5. The molecule has 2 saturated heterocycles. The first-order valence-corrected chi connectivity index (χ1v) is 8.59. The topological polar surface area (TPSA) is 50.6 Å². The van der Waals surface area contributed by atoms with Gasteiger partial charge in [-0.3, -0.25) is 9.69 Å². The molecule has 3 heterocycles. The second-order valence-corrected chi connectivity index (χ2v) is 7.31. The molecule has 2 aliphatic heterocycles. The van der Waals surface area contributed by atoms with Gasteiger partial charge in [-0.25, -0.2) is 4.98 Å². The number of carbonyl (C=O) groups excluding carboxylic acids is 1. The number of hydrogen-bond acceptors (Lipinski definition) is 4. The minimum absolute atomic E-state index is 0.0388. The standard InChI is InChI=1S/C17H28N4O2/c1-14(2)20-9-10-23-13-17(11-20)5-4-7-21(12-17)16(22)15-18-6-8-19(15)3/h6,8,14H,4-5,7,9-13H2,1-3H3. The zero-order chi connectivity index (χ0) is 16.4. The van der Waals surface area contributed by atoms with Gasteiger partial charge >= 0.3 is 0 Å². The van der Waals surface area contributed by atoms with Crippen LogP contribution in [0, 0.1) is 5.41 Å². The van der Waals surface area contributed by atoms with E-state index in [1.54, 1.807) is 10.8 Å². The van der Waals surface area contributed by atoms with Crippen molar-refractivity contribution in [3.05, 3.63) is 18.2 Å². The normalized spacial score (nSPS) is 26.7. The number of carbonyl (C=O) groups is 1. The average molecular weight is 320 g/mol. The van der Waals surface area contributed by atoms with Crippen molar-refractivity contribution < 1.29 is 9.53 Å². The Bertz CT molecular complexity index is 557. The van der Waals surface area contributed by atoms with Crippen LogP contribution in [-0.4, -0.2) is 70.7 Å². The molecule has 2 fully saturated rings. The Morgan fingerprint density at radius 3 is 2.87 bits per heavy atom. The van der Waals surface area contributed by atoms with Crippen LogP contribution in [0.2, 0.25) is 0 Å². The lowest BCUT2D eigenvalue weighted by Gasteiger charge is -2.44. The van der Waals surface area contributed by atoms with Crippen molar-refractivity contribution in [2.24, 2.45) is 12.5 Å². The first-order valence-electron chi connectivity index (χ1n) is 8.59. The number of imidazole rings is 1. The zero-order valence-electron chi connectivity index (χ0n) is 14.5. The predicted octanol–water partition coefficient (Wildman–Crippen LogP) is 1.38. The van der Waals surface area contributed by atoms with Crippen molar-refractivity contribution in [2.45, 2.75) is 32.7 Å². The maximum Gasteiger partial charge on any atom is 0.289 e. The second-order valence-electron chi connectivity index (χ2n) is 7.31. The monoisotopic (exact) mass is 320 g/mol. The molecule has 2 aliphatic rings. The van der Waals surface area contributed by atoms with Gasteiger partial charge in [0.15, 0.2) is 5.82 Å². The summed E-state index contributed by atoms with van der Waals surface area (Å²) in [5.74, 6) is 0.564. The molecule has 128 valence electrons. The van der Waals surface area contributed by atoms with E-state index in [1.807, 2.05) is 18.1 Å². The van der Waals surface area contributed by atoms with Crippen molar-refractivity contribution in [1.82, 2.24) is 19.4 Å². The molecular formula is C17H28N4O2. The van der Waals surface area contributed by atoms with Gasteiger partial charge in [0, 0.05) is 57.1 Å². The Hall–Kier alpha value is -1.40. The number of ether oxygens (including phenoxy) is 1. The Balaban J connectivity index is 1.76. The van der Waals surface area contributed by atoms with E-state index >= 15 is 0 Å². The Morgan fingerprint density at radius 2 is 2.17 bits per heavy atom. The molecule has 1 atom stereocenters. The molecule has 6 nitrogen and oxygen atoms in total. The Morgan fingerprint density at radius 1 is 1.35 bits per heavy atom. The summed E-state index contributed by atoms with van der Waals surface area (Å²) >= 11 is 0. The quantitative estimate of drug-likeness (QED) is 0.826. The maximum absolute atomic E-state index is 12.8. The molecule has 3 rings (SSSR count). The lowest BCUT2D eigenvalue weighted by atomic mass is 9.79. The van der Waals surface area contributed by atoms with Gasteiger partial charge < -0.3 is 14.2 Å². The summed E-state index contributed by atoms with van der Waals surface area (Å²) in [7, 11) is 1.87. The number of nitrogens with zero attached hydrogens (tertiary/aromatic N) is 4. The maximum atomic E-state index is 12.8. The fourth-order valence-electron chi connectivity index (χ4n) is 3.81. The highest BCUT2D eigenvalue weighted by Gasteiger charge is 2.41. The van der Waals surface area contributed by atoms with E-state index in [2.05, 4.69) is 23.7 Å². The van der Waals surface area contributed by atoms with Gasteiger partial charge in [-0.05, 0) is 26.7 Å². The van der Waals surface area contributed by atoms with Crippen LogP contribution in [0.15, 0.2) is 12.4 Å². The summed E-state index contributed by atoms with van der Waals surface area (Å²) in [6.45, 7) is 9.57. The van der Waals surface area contributed by atoms with Crippen LogP contribution in [0.4, 0.5) is 0 Å². The third kappa shape index (κ3) is 3.43. The molecule has 1 aromatic rings. The molecule has 1 spiro atoms. The molecule has 0 N–H and O–H groups in total. The van der Waals surface area contributed by atoms with E-state index in [4.69, 9.17) is 4.74 Å². The molecule has 1 amide bonds. The van der Waals surface area contributed by atoms with Crippen LogP contribution in [0.5, 0.6) is 0 Å². The van der Waals surface area contributed by atoms with E-state index in [1.165, 1.54) is 0 Å². The zero-order valence-corrected chi connectivity index (χ0v) is 14.5. The van der Waals surface area contributed by atoms with E-state index < -0.39 is 0 Å². The number of hydrogen-bond donors (Lipinski definition) is 0. The van der Waals surface area contributed by atoms with Crippen molar-refractivity contribution in [2.75, 3.05) is 39.4 Å². The Labute approximate surface area is 138 Å². The highest BCUT2D eigenvalue weighted by Crippen LogP contribution is 2.34. The lowest BCUT2D eigenvalue weighted by Crippen LogP contribution is -2.53. The summed E-state index contributed by atoms with van der Waals surface area (Å²) in [5, 5.41) is 0. The second kappa shape index (κ2) is 6.61. The van der Waals surface area contributed by atoms with Crippen molar-refractivity contribution in [1.29, 1.82) is 0 Å². The first kappa shape index (κ1) is 16.5. The smallest absolute Gasteiger partial charge is 0.289 e. The molecule has 0 radical (unpaired) electrons. The first-order chi connectivity index (χ1) is 11.0. The van der Waals surface area contributed by atoms with Gasteiger partial charge in [0.2, 0.25) is 0 Å². The molecular weight excluding hydrogens is 292 g/mol. The SMILES string of the molecule is CC(C)N1CCOCC2(CCCN(C(=O)c3nccn3C)C2)C1. The third-order valence-corrected chi connectivity index (χ3v) is 5.16. The molecule has 0 bridgehead atoms. The number of amides is 1. The average Bonchev–Trinajstić information content (AvgIpc) is 2.85. The predicted molar refractivity (Wildman–Crippen MR) is 88.3 cm³/mol. The third-order valence-electron chi connectivity index (χ3n) is 5.16. The van der Waals surface area contributed by atoms with Crippen LogP contribution in [0.3, 0.4) is 0 Å². The summed E-state index contributed by atoms with van der Waals surface area (Å²) in [4.78, 5) is 21.5. The van der Waals surface area contributed by atoms with Gasteiger partial charge in [-0.1, -0.05) is 0 Å². The van der Waals surface area contributed by atoms with Gasteiger partial charge in [-0.2, -0.15) is 0 Å². The number of rotatable bonds is 2. The van der Waals surface area contributed by atoms with Crippen LogP contribution in [0.25, 0.3) is 0 Å². The number of aryl methyl sites for hydroxylation is 1. The fourth-order valence-corrected chi connectivity index (χ4v) is 3.81. The summed E-state index contributed by atoms with van der Waals surface area (Å²) in [6.07, 6.45) is 5.66. The minimum Gasteiger partial charge on any atom is -0.379 e. The van der Waals surface area contributed by atoms with E-state index in [-0.39, 0.29) is 11.3 Å². The number of aromatic nitrogens is 2. The van der Waals surface area contributed by atoms with Gasteiger partial charge in [-0.15, -0.1) is 0 Å². The summed E-state index contributed by atoms with van der Waals surface area (Å²) in [6, 6.07) is 0.509. The molecule has 0 aromatic carbocycles.